The van der Waals surface area contributed by atoms with Gasteiger partial charge in [0.2, 0.25) is 0 Å². The van der Waals surface area contributed by atoms with E-state index >= 15 is 0 Å². The first-order valence-electron chi connectivity index (χ1n) is 9.65. The standard InChI is InChI=1S/C23H20N4O4/c1-12-8-15(14(3)27-17-5-4-13(2)26-21(17)23(29)30)22-16(9-12)19(28)10-20(31-22)18-11-24-6-7-25-18/h4-11,14,27H,1-3H3,(H,29,30). The molecule has 156 valence electrons. The van der Waals surface area contributed by atoms with E-state index in [2.05, 4.69) is 20.3 Å². The van der Waals surface area contributed by atoms with Gasteiger partial charge in [-0.15, -0.1) is 0 Å². The number of nitrogens with one attached hydrogen (secondary N) is 1. The zero-order valence-corrected chi connectivity index (χ0v) is 17.2. The molecule has 4 rings (SSSR count). The average molecular weight is 416 g/mol. The molecule has 0 bridgehead atoms. The molecule has 3 aromatic heterocycles. The summed E-state index contributed by atoms with van der Waals surface area (Å²) in [4.78, 5) is 36.8. The Balaban J connectivity index is 1.84. The van der Waals surface area contributed by atoms with Crippen LogP contribution in [0.2, 0.25) is 0 Å². The molecule has 8 nitrogen and oxygen atoms in total. The predicted molar refractivity (Wildman–Crippen MR) is 116 cm³/mol. The number of hydrogen-bond donors (Lipinski definition) is 2. The smallest absolute Gasteiger partial charge is 0.356 e. The number of pyridine rings is 1. The summed E-state index contributed by atoms with van der Waals surface area (Å²) in [6.07, 6.45) is 4.59. The maximum Gasteiger partial charge on any atom is 0.356 e. The number of carbonyl (C=O) groups is 1. The highest BCUT2D eigenvalue weighted by molar-refractivity contribution is 5.92. The number of fused-ring (bicyclic) bond motifs is 1. The highest BCUT2D eigenvalue weighted by Gasteiger charge is 2.19. The lowest BCUT2D eigenvalue weighted by Crippen LogP contribution is -2.14. The van der Waals surface area contributed by atoms with Gasteiger partial charge in [0.25, 0.3) is 0 Å². The third-order valence-electron chi connectivity index (χ3n) is 4.89. The lowest BCUT2D eigenvalue weighted by molar-refractivity contribution is 0.0691. The highest BCUT2D eigenvalue weighted by Crippen LogP contribution is 2.30. The lowest BCUT2D eigenvalue weighted by atomic mass is 10.0. The molecule has 8 heteroatoms. The number of anilines is 1. The van der Waals surface area contributed by atoms with Crippen LogP contribution < -0.4 is 10.7 Å². The van der Waals surface area contributed by atoms with Crippen molar-refractivity contribution in [2.75, 3.05) is 5.32 Å². The highest BCUT2D eigenvalue weighted by atomic mass is 16.4. The van der Waals surface area contributed by atoms with Crippen LogP contribution in [-0.2, 0) is 0 Å². The van der Waals surface area contributed by atoms with Crippen LogP contribution in [-0.4, -0.2) is 26.0 Å². The van der Waals surface area contributed by atoms with Crippen molar-refractivity contribution in [1.82, 2.24) is 15.0 Å². The molecule has 1 aromatic carbocycles. The number of hydrogen-bond acceptors (Lipinski definition) is 7. The van der Waals surface area contributed by atoms with Gasteiger partial charge >= 0.3 is 5.97 Å². The number of rotatable bonds is 5. The SMILES string of the molecule is Cc1cc(C(C)Nc2ccc(C)nc2C(=O)O)c2oc(-c3cnccn3)cc(=O)c2c1. The Labute approximate surface area is 177 Å². The van der Waals surface area contributed by atoms with E-state index in [1.807, 2.05) is 19.9 Å². The minimum atomic E-state index is -1.12. The minimum Gasteiger partial charge on any atom is -0.476 e. The van der Waals surface area contributed by atoms with Crippen LogP contribution >= 0.6 is 0 Å². The van der Waals surface area contributed by atoms with Gasteiger partial charge in [-0.05, 0) is 44.5 Å². The van der Waals surface area contributed by atoms with Gasteiger partial charge in [0.1, 0.15) is 11.3 Å². The van der Waals surface area contributed by atoms with Crippen molar-refractivity contribution in [3.8, 4) is 11.5 Å². The molecule has 0 aliphatic heterocycles. The summed E-state index contributed by atoms with van der Waals surface area (Å²) in [6.45, 7) is 5.49. The topological polar surface area (TPSA) is 118 Å². The van der Waals surface area contributed by atoms with Crippen molar-refractivity contribution in [3.05, 3.63) is 81.7 Å². The van der Waals surface area contributed by atoms with Crippen molar-refractivity contribution < 1.29 is 14.3 Å². The fourth-order valence-electron chi connectivity index (χ4n) is 3.46. The normalized spacial score (nSPS) is 12.0. The fourth-order valence-corrected chi connectivity index (χ4v) is 3.46. The second-order valence-corrected chi connectivity index (χ2v) is 7.32. The van der Waals surface area contributed by atoms with E-state index in [1.165, 1.54) is 18.5 Å². The van der Waals surface area contributed by atoms with Crippen LogP contribution in [0.4, 0.5) is 5.69 Å². The van der Waals surface area contributed by atoms with Gasteiger partial charge in [0.05, 0.1) is 23.3 Å². The van der Waals surface area contributed by atoms with Crippen LogP contribution in [0, 0.1) is 13.8 Å². The van der Waals surface area contributed by atoms with Crippen molar-refractivity contribution in [1.29, 1.82) is 0 Å². The Kier molecular flexibility index (Phi) is 5.21. The molecule has 0 amide bonds. The Bertz CT molecular complexity index is 1350. The molecule has 4 aromatic rings. The quantitative estimate of drug-likeness (QED) is 0.498. The minimum absolute atomic E-state index is 0.0643. The molecule has 1 atom stereocenters. The van der Waals surface area contributed by atoms with Crippen molar-refractivity contribution in [2.24, 2.45) is 0 Å². The van der Waals surface area contributed by atoms with Crippen molar-refractivity contribution in [2.45, 2.75) is 26.8 Å². The molecule has 0 saturated heterocycles. The number of benzene rings is 1. The number of carboxylic acid groups (broad SMARTS) is 1. The first kappa shape index (κ1) is 20.2. The first-order valence-corrected chi connectivity index (χ1v) is 9.65. The molecule has 31 heavy (non-hydrogen) atoms. The molecule has 0 saturated carbocycles. The maximum atomic E-state index is 12.8. The summed E-state index contributed by atoms with van der Waals surface area (Å²) < 4.78 is 6.10. The van der Waals surface area contributed by atoms with E-state index in [0.29, 0.717) is 33.8 Å². The number of aromatic carboxylic acids is 1. The molecule has 0 spiro atoms. The van der Waals surface area contributed by atoms with Gasteiger partial charge in [0, 0.05) is 29.7 Å². The fraction of sp³-hybridized carbons (Fsp3) is 0.174. The van der Waals surface area contributed by atoms with Crippen molar-refractivity contribution >= 4 is 22.6 Å². The Morgan fingerprint density at radius 2 is 1.97 bits per heavy atom. The summed E-state index contributed by atoms with van der Waals surface area (Å²) in [5.74, 6) is -0.810. The van der Waals surface area contributed by atoms with Gasteiger partial charge < -0.3 is 14.8 Å². The average Bonchev–Trinajstić information content (AvgIpc) is 2.75. The Morgan fingerprint density at radius 1 is 1.16 bits per heavy atom. The van der Waals surface area contributed by atoms with Gasteiger partial charge in [0.15, 0.2) is 16.9 Å². The molecular weight excluding hydrogens is 396 g/mol. The Hall–Kier alpha value is -4.07. The van der Waals surface area contributed by atoms with Gasteiger partial charge in [-0.25, -0.2) is 14.8 Å². The van der Waals surface area contributed by atoms with E-state index in [4.69, 9.17) is 4.42 Å². The molecular formula is C23H20N4O4. The monoisotopic (exact) mass is 416 g/mol. The third-order valence-corrected chi connectivity index (χ3v) is 4.89. The molecule has 0 radical (unpaired) electrons. The second-order valence-electron chi connectivity index (χ2n) is 7.32. The zero-order valence-electron chi connectivity index (χ0n) is 17.2. The maximum absolute atomic E-state index is 12.8. The van der Waals surface area contributed by atoms with Gasteiger partial charge in [-0.1, -0.05) is 6.07 Å². The first-order chi connectivity index (χ1) is 14.8. The summed E-state index contributed by atoms with van der Waals surface area (Å²) in [7, 11) is 0. The van der Waals surface area contributed by atoms with Gasteiger partial charge in [-0.3, -0.25) is 9.78 Å². The third kappa shape index (κ3) is 4.00. The molecule has 2 N–H and O–H groups in total. The van der Waals surface area contributed by atoms with Crippen LogP contribution in [0.3, 0.4) is 0 Å². The number of aryl methyl sites for hydroxylation is 2. The van der Waals surface area contributed by atoms with E-state index in [-0.39, 0.29) is 17.2 Å². The molecule has 3 heterocycles. The summed E-state index contributed by atoms with van der Waals surface area (Å²) in [5, 5.41) is 13.2. The molecule has 0 fully saturated rings. The number of nitrogens with zero attached hydrogens (tertiary/aromatic N) is 3. The van der Waals surface area contributed by atoms with Crippen molar-refractivity contribution in [3.63, 3.8) is 0 Å². The summed E-state index contributed by atoms with van der Waals surface area (Å²) >= 11 is 0. The van der Waals surface area contributed by atoms with Gasteiger partial charge in [-0.2, -0.15) is 0 Å². The molecule has 1 unspecified atom stereocenters. The van der Waals surface area contributed by atoms with Crippen LogP contribution in [0.15, 0.2) is 58.1 Å². The van der Waals surface area contributed by atoms with Crippen LogP contribution in [0.5, 0.6) is 0 Å². The van der Waals surface area contributed by atoms with E-state index in [1.54, 1.807) is 31.3 Å². The summed E-state index contributed by atoms with van der Waals surface area (Å²) in [6, 6.07) is 8.13. The Morgan fingerprint density at radius 3 is 2.68 bits per heavy atom. The number of aromatic nitrogens is 3. The lowest BCUT2D eigenvalue weighted by Gasteiger charge is -2.19. The summed E-state index contributed by atoms with van der Waals surface area (Å²) in [5.41, 5.74) is 3.20. The predicted octanol–water partition coefficient (Wildman–Crippen LogP) is 4.13. The largest absolute Gasteiger partial charge is 0.476 e. The number of carboxylic acids is 1. The zero-order chi connectivity index (χ0) is 22.1. The van der Waals surface area contributed by atoms with Crippen LogP contribution in [0.25, 0.3) is 22.4 Å². The van der Waals surface area contributed by atoms with E-state index in [9.17, 15) is 14.7 Å². The van der Waals surface area contributed by atoms with E-state index in [0.717, 1.165) is 11.1 Å². The van der Waals surface area contributed by atoms with E-state index < -0.39 is 5.97 Å². The second kappa shape index (κ2) is 7.98. The molecule has 0 aliphatic rings. The van der Waals surface area contributed by atoms with Crippen LogP contribution in [0.1, 0.15) is 40.3 Å². The molecule has 0 aliphatic carbocycles.